The Hall–Kier alpha value is -3.05. The number of phenolic OH excluding ortho intramolecular Hbond substituents is 1. The lowest BCUT2D eigenvalue weighted by atomic mass is 10.1. The van der Waals surface area contributed by atoms with E-state index in [1.165, 1.54) is 0 Å². The summed E-state index contributed by atoms with van der Waals surface area (Å²) in [5.74, 6) is 5.99. The van der Waals surface area contributed by atoms with Crippen LogP contribution in [0, 0.1) is 0 Å². The summed E-state index contributed by atoms with van der Waals surface area (Å²) >= 11 is 0. The van der Waals surface area contributed by atoms with E-state index < -0.39 is 5.91 Å². The number of hydrogen-bond acceptors (Lipinski definition) is 4. The number of benzene rings is 3. The van der Waals surface area contributed by atoms with Crippen LogP contribution in [0.2, 0.25) is 0 Å². The number of rotatable bonds is 3. The van der Waals surface area contributed by atoms with Crippen LogP contribution in [-0.2, 0) is 0 Å². The summed E-state index contributed by atoms with van der Waals surface area (Å²) in [5.41, 5.74) is 0.658. The molecule has 116 valence electrons. The molecule has 3 aromatic rings. The number of nitrogens with zero attached hydrogens (tertiary/aromatic N) is 1. The Kier molecular flexibility index (Phi) is 3.87. The van der Waals surface area contributed by atoms with E-state index in [-0.39, 0.29) is 11.3 Å². The number of anilines is 1. The van der Waals surface area contributed by atoms with Crippen LogP contribution in [0.5, 0.6) is 11.5 Å². The molecule has 0 heterocycles. The van der Waals surface area contributed by atoms with Crippen LogP contribution < -0.4 is 15.6 Å². The van der Waals surface area contributed by atoms with Gasteiger partial charge in [-0.05, 0) is 47.2 Å². The quantitative estimate of drug-likeness (QED) is 0.443. The molecule has 0 atom stereocenters. The molecule has 0 fully saturated rings. The first-order valence-corrected chi connectivity index (χ1v) is 7.05. The predicted octanol–water partition coefficient (Wildman–Crippen LogP) is 3.07. The molecule has 3 N–H and O–H groups in total. The minimum Gasteiger partial charge on any atom is -0.507 e. The van der Waals surface area contributed by atoms with Crippen molar-refractivity contribution in [2.24, 2.45) is 5.84 Å². The van der Waals surface area contributed by atoms with E-state index >= 15 is 0 Å². The predicted molar refractivity (Wildman–Crippen MR) is 89.6 cm³/mol. The van der Waals surface area contributed by atoms with Crippen LogP contribution in [0.3, 0.4) is 0 Å². The molecule has 0 bridgehead atoms. The van der Waals surface area contributed by atoms with Crippen LogP contribution in [0.4, 0.5) is 5.69 Å². The highest BCUT2D eigenvalue weighted by atomic mass is 16.5. The zero-order valence-electron chi connectivity index (χ0n) is 12.6. The van der Waals surface area contributed by atoms with Crippen molar-refractivity contribution in [1.82, 2.24) is 0 Å². The maximum Gasteiger partial charge on any atom is 0.276 e. The molecule has 0 aromatic heterocycles. The second-order valence-electron chi connectivity index (χ2n) is 5.09. The monoisotopic (exact) mass is 308 g/mol. The molecule has 0 aliphatic carbocycles. The van der Waals surface area contributed by atoms with Crippen LogP contribution in [0.25, 0.3) is 10.8 Å². The molecule has 0 spiro atoms. The molecule has 0 saturated carbocycles. The molecule has 0 aliphatic heterocycles. The summed E-state index contributed by atoms with van der Waals surface area (Å²) in [6.07, 6.45) is 0. The van der Waals surface area contributed by atoms with E-state index in [2.05, 4.69) is 0 Å². The summed E-state index contributed by atoms with van der Waals surface area (Å²) in [5, 5.41) is 12.9. The molecule has 3 aromatic carbocycles. The number of phenols is 1. The van der Waals surface area contributed by atoms with Crippen molar-refractivity contribution in [3.63, 3.8) is 0 Å². The van der Waals surface area contributed by atoms with Gasteiger partial charge in [-0.1, -0.05) is 24.3 Å². The minimum atomic E-state index is -0.488. The van der Waals surface area contributed by atoms with Gasteiger partial charge < -0.3 is 9.84 Å². The number of nitrogens with two attached hydrogens (primary N) is 1. The van der Waals surface area contributed by atoms with Gasteiger partial charge in [-0.15, -0.1) is 0 Å². The van der Waals surface area contributed by atoms with Gasteiger partial charge in [-0.3, -0.25) is 4.79 Å². The average molecular weight is 308 g/mol. The van der Waals surface area contributed by atoms with E-state index in [0.717, 1.165) is 15.8 Å². The third kappa shape index (κ3) is 2.82. The van der Waals surface area contributed by atoms with Crippen LogP contribution in [-0.4, -0.2) is 18.1 Å². The summed E-state index contributed by atoms with van der Waals surface area (Å²) in [6.45, 7) is 0. The highest BCUT2D eigenvalue weighted by Gasteiger charge is 2.18. The molecular weight excluding hydrogens is 292 g/mol. The van der Waals surface area contributed by atoms with Crippen molar-refractivity contribution < 1.29 is 14.6 Å². The number of carbonyl (C=O) groups is 1. The first-order valence-electron chi connectivity index (χ1n) is 7.05. The molecule has 0 radical (unpaired) electrons. The Morgan fingerprint density at radius 3 is 2.26 bits per heavy atom. The fraction of sp³-hybridized carbons (Fsp3) is 0.0556. The van der Waals surface area contributed by atoms with Gasteiger partial charge in [0.2, 0.25) is 0 Å². The van der Waals surface area contributed by atoms with Crippen LogP contribution in [0.1, 0.15) is 10.4 Å². The zero-order valence-corrected chi connectivity index (χ0v) is 12.6. The number of hydrazine groups is 1. The number of hydrogen-bond donors (Lipinski definition) is 2. The molecule has 0 unspecified atom stereocenters. The SMILES string of the molecule is COc1ccc(N(N)C(=O)c2cc3ccccc3cc2O)cc1. The number of carbonyl (C=O) groups excluding carboxylic acids is 1. The Bertz CT molecular complexity index is 860. The van der Waals surface area contributed by atoms with Crippen molar-refractivity contribution in [2.45, 2.75) is 0 Å². The van der Waals surface area contributed by atoms with Gasteiger partial charge in [0, 0.05) is 0 Å². The van der Waals surface area contributed by atoms with Crippen molar-refractivity contribution in [3.05, 3.63) is 66.2 Å². The normalized spacial score (nSPS) is 10.5. The lowest BCUT2D eigenvalue weighted by molar-refractivity contribution is 0.0984. The number of fused-ring (bicyclic) bond motifs is 1. The molecule has 3 rings (SSSR count). The van der Waals surface area contributed by atoms with Crippen molar-refractivity contribution in [2.75, 3.05) is 12.1 Å². The molecule has 23 heavy (non-hydrogen) atoms. The van der Waals surface area contributed by atoms with E-state index in [1.54, 1.807) is 43.5 Å². The van der Waals surface area contributed by atoms with Gasteiger partial charge in [-0.25, -0.2) is 10.9 Å². The van der Waals surface area contributed by atoms with Crippen LogP contribution in [0.15, 0.2) is 60.7 Å². The van der Waals surface area contributed by atoms with Gasteiger partial charge in [0.05, 0.1) is 18.4 Å². The van der Waals surface area contributed by atoms with Gasteiger partial charge in [0.1, 0.15) is 11.5 Å². The molecule has 1 amide bonds. The van der Waals surface area contributed by atoms with Crippen molar-refractivity contribution >= 4 is 22.4 Å². The maximum atomic E-state index is 12.6. The Morgan fingerprint density at radius 1 is 1.04 bits per heavy atom. The number of ether oxygens (including phenoxy) is 1. The molecule has 5 nitrogen and oxygen atoms in total. The third-order valence-electron chi connectivity index (χ3n) is 3.66. The smallest absolute Gasteiger partial charge is 0.276 e. The topological polar surface area (TPSA) is 75.8 Å². The van der Waals surface area contributed by atoms with E-state index in [4.69, 9.17) is 10.6 Å². The van der Waals surface area contributed by atoms with E-state index in [1.807, 2.05) is 24.3 Å². The lowest BCUT2D eigenvalue weighted by Gasteiger charge is -2.18. The number of methoxy groups -OCH3 is 1. The van der Waals surface area contributed by atoms with Gasteiger partial charge in [0.25, 0.3) is 5.91 Å². The summed E-state index contributed by atoms with van der Waals surface area (Å²) < 4.78 is 5.08. The number of amides is 1. The third-order valence-corrected chi connectivity index (χ3v) is 3.66. The first-order chi connectivity index (χ1) is 11.1. The largest absolute Gasteiger partial charge is 0.507 e. The second-order valence-corrected chi connectivity index (χ2v) is 5.09. The van der Waals surface area contributed by atoms with E-state index in [9.17, 15) is 9.90 Å². The van der Waals surface area contributed by atoms with Gasteiger partial charge in [-0.2, -0.15) is 0 Å². The summed E-state index contributed by atoms with van der Waals surface area (Å²) in [6, 6.07) is 17.5. The summed E-state index contributed by atoms with van der Waals surface area (Å²) in [4.78, 5) is 12.6. The highest BCUT2D eigenvalue weighted by Crippen LogP contribution is 2.27. The van der Waals surface area contributed by atoms with Crippen molar-refractivity contribution in [1.29, 1.82) is 0 Å². The van der Waals surface area contributed by atoms with E-state index in [0.29, 0.717) is 11.4 Å². The minimum absolute atomic E-state index is 0.0994. The summed E-state index contributed by atoms with van der Waals surface area (Å²) in [7, 11) is 1.56. The molecule has 0 aliphatic rings. The Balaban J connectivity index is 1.96. The van der Waals surface area contributed by atoms with Gasteiger partial charge >= 0.3 is 0 Å². The zero-order chi connectivity index (χ0) is 16.4. The number of aromatic hydroxyl groups is 1. The van der Waals surface area contributed by atoms with Gasteiger partial charge in [0.15, 0.2) is 0 Å². The first kappa shape index (κ1) is 14.9. The van der Waals surface area contributed by atoms with Crippen molar-refractivity contribution in [3.8, 4) is 11.5 Å². The Labute approximate surface area is 133 Å². The molecule has 5 heteroatoms. The fourth-order valence-electron chi connectivity index (χ4n) is 2.39. The Morgan fingerprint density at radius 2 is 1.65 bits per heavy atom. The maximum absolute atomic E-state index is 12.6. The fourth-order valence-corrected chi connectivity index (χ4v) is 2.39. The molecule has 0 saturated heterocycles. The average Bonchev–Trinajstić information content (AvgIpc) is 2.60. The second kappa shape index (κ2) is 5.98. The lowest BCUT2D eigenvalue weighted by Crippen LogP contribution is -2.37. The van der Waals surface area contributed by atoms with Crippen LogP contribution >= 0.6 is 0 Å². The standard InChI is InChI=1S/C18H16N2O3/c1-23-15-8-6-14(7-9-15)20(19)18(22)16-10-12-4-2-3-5-13(12)11-17(16)21/h2-11,21H,19H2,1H3. The highest BCUT2D eigenvalue weighted by molar-refractivity contribution is 6.09. The molecular formula is C18H16N2O3.